The second-order valence-electron chi connectivity index (χ2n) is 7.20. The van der Waals surface area contributed by atoms with Crippen LogP contribution in [0.15, 0.2) is 88.2 Å². The summed E-state index contributed by atoms with van der Waals surface area (Å²) in [5, 5.41) is 12.7. The third kappa shape index (κ3) is 5.26. The fraction of sp³-hybridized carbons (Fsp3) is 0.125. The predicted molar refractivity (Wildman–Crippen MR) is 127 cm³/mol. The molecule has 0 fully saturated rings. The van der Waals surface area contributed by atoms with E-state index < -0.39 is 15.9 Å². The number of carbonyl (C=O) groups is 1. The molecule has 0 aliphatic rings. The summed E-state index contributed by atoms with van der Waals surface area (Å²) in [5.41, 5.74) is 1.41. The zero-order valence-corrected chi connectivity index (χ0v) is 19.1. The molecule has 4 aromatic rings. The van der Waals surface area contributed by atoms with E-state index in [1.807, 2.05) is 40.4 Å². The molecule has 0 bridgehead atoms. The van der Waals surface area contributed by atoms with Gasteiger partial charge in [0.25, 0.3) is 5.91 Å². The maximum atomic E-state index is 12.7. The van der Waals surface area contributed by atoms with Crippen molar-refractivity contribution >= 4 is 38.0 Å². The van der Waals surface area contributed by atoms with Gasteiger partial charge in [0.2, 0.25) is 10.0 Å². The van der Waals surface area contributed by atoms with Gasteiger partial charge in [-0.15, -0.1) is 11.3 Å². The Bertz CT molecular complexity index is 1510. The van der Waals surface area contributed by atoms with Crippen molar-refractivity contribution in [1.29, 1.82) is 5.26 Å². The molecule has 0 aliphatic heterocycles. The van der Waals surface area contributed by atoms with Crippen LogP contribution in [0.1, 0.15) is 22.3 Å². The maximum Gasteiger partial charge on any atom is 0.279 e. The highest BCUT2D eigenvalue weighted by molar-refractivity contribution is 7.89. The minimum Gasteiger partial charge on any atom is -0.319 e. The first-order valence-corrected chi connectivity index (χ1v) is 12.5. The summed E-state index contributed by atoms with van der Waals surface area (Å²) in [7, 11) is -3.73. The van der Waals surface area contributed by atoms with E-state index in [4.69, 9.17) is 5.26 Å². The van der Waals surface area contributed by atoms with Crippen molar-refractivity contribution in [3.8, 4) is 6.07 Å². The Kier molecular flexibility index (Phi) is 6.79. The topological polar surface area (TPSA) is 104 Å². The third-order valence-electron chi connectivity index (χ3n) is 5.02. The summed E-state index contributed by atoms with van der Waals surface area (Å²) in [6.07, 6.45) is 1.97. The van der Waals surface area contributed by atoms with Gasteiger partial charge in [-0.1, -0.05) is 42.5 Å². The lowest BCUT2D eigenvalue weighted by Gasteiger charge is -2.08. The molecule has 0 saturated heterocycles. The Morgan fingerprint density at radius 2 is 1.82 bits per heavy atom. The van der Waals surface area contributed by atoms with Crippen molar-refractivity contribution in [2.75, 3.05) is 6.54 Å². The number of nitrogens with one attached hydrogen (secondary N) is 1. The van der Waals surface area contributed by atoms with E-state index in [-0.39, 0.29) is 23.4 Å². The Balaban J connectivity index is 1.55. The summed E-state index contributed by atoms with van der Waals surface area (Å²) in [6, 6.07) is 21.7. The van der Waals surface area contributed by atoms with Gasteiger partial charge in [-0.3, -0.25) is 4.79 Å². The van der Waals surface area contributed by atoms with Crippen LogP contribution >= 0.6 is 11.3 Å². The van der Waals surface area contributed by atoms with E-state index in [0.717, 1.165) is 16.3 Å². The van der Waals surface area contributed by atoms with Crippen molar-refractivity contribution in [3.05, 3.63) is 94.2 Å². The number of rotatable bonds is 7. The normalized spacial score (nSPS) is 12.0. The summed E-state index contributed by atoms with van der Waals surface area (Å²) in [5.74, 6) is -0.453. The molecule has 3 aromatic carbocycles. The number of fused-ring (bicyclic) bond motifs is 1. The highest BCUT2D eigenvalue weighted by Gasteiger charge is 2.14. The Morgan fingerprint density at radius 3 is 2.61 bits per heavy atom. The first kappa shape index (κ1) is 22.6. The Labute approximate surface area is 195 Å². The second-order valence-corrected chi connectivity index (χ2v) is 9.84. The van der Waals surface area contributed by atoms with Crippen LogP contribution < -0.4 is 9.52 Å². The van der Waals surface area contributed by atoms with Crippen molar-refractivity contribution in [2.45, 2.75) is 17.9 Å². The third-order valence-corrected chi connectivity index (χ3v) is 7.29. The molecule has 0 radical (unpaired) electrons. The predicted octanol–water partition coefficient (Wildman–Crippen LogP) is 3.68. The van der Waals surface area contributed by atoms with Gasteiger partial charge in [0.1, 0.15) is 0 Å². The van der Waals surface area contributed by atoms with Gasteiger partial charge in [0, 0.05) is 30.1 Å². The highest BCUT2D eigenvalue weighted by atomic mass is 32.2. The summed E-state index contributed by atoms with van der Waals surface area (Å²) in [4.78, 5) is 17.6. The lowest BCUT2D eigenvalue weighted by Crippen LogP contribution is -2.24. The Hall–Kier alpha value is -3.58. The largest absolute Gasteiger partial charge is 0.319 e. The standard InChI is InChI=1S/C24H20N4O3S2/c25-13-4-14-26-33(30,31)21-11-9-19(10-12-21)23(29)27-24-28(15-16-32-24)17-20-7-3-6-18-5-1-2-8-22(18)20/h1-3,5-12,15-16,26H,4,14,17H2. The summed E-state index contributed by atoms with van der Waals surface area (Å²) < 4.78 is 28.7. The van der Waals surface area contributed by atoms with E-state index in [1.54, 1.807) is 0 Å². The number of nitriles is 1. The summed E-state index contributed by atoms with van der Waals surface area (Å²) >= 11 is 1.36. The SMILES string of the molecule is N#CCCNS(=O)(=O)c1ccc(C(=O)N=c2sccn2Cc2cccc3ccccc23)cc1. The van der Waals surface area contributed by atoms with E-state index in [0.29, 0.717) is 11.3 Å². The number of hydrogen-bond acceptors (Lipinski definition) is 5. The summed E-state index contributed by atoms with van der Waals surface area (Å²) in [6.45, 7) is 0.604. The molecule has 0 spiro atoms. The lowest BCUT2D eigenvalue weighted by molar-refractivity contribution is 0.0997. The number of thiazole rings is 1. The minimum atomic E-state index is -3.73. The molecule has 1 aromatic heterocycles. The van der Waals surface area contributed by atoms with Crippen LogP contribution in [0.5, 0.6) is 0 Å². The van der Waals surface area contributed by atoms with E-state index >= 15 is 0 Å². The molecule has 7 nitrogen and oxygen atoms in total. The van der Waals surface area contributed by atoms with Crippen LogP contribution in [0.3, 0.4) is 0 Å². The zero-order valence-electron chi connectivity index (χ0n) is 17.5. The van der Waals surface area contributed by atoms with E-state index in [9.17, 15) is 13.2 Å². The zero-order chi connectivity index (χ0) is 23.3. The van der Waals surface area contributed by atoms with Gasteiger partial charge in [0.15, 0.2) is 4.80 Å². The van der Waals surface area contributed by atoms with E-state index in [1.165, 1.54) is 35.6 Å². The monoisotopic (exact) mass is 476 g/mol. The van der Waals surface area contributed by atoms with Crippen molar-refractivity contribution in [1.82, 2.24) is 9.29 Å². The first-order valence-electron chi connectivity index (χ1n) is 10.1. The van der Waals surface area contributed by atoms with Crippen LogP contribution in [0.25, 0.3) is 10.8 Å². The van der Waals surface area contributed by atoms with Gasteiger partial charge in [-0.05, 0) is 40.6 Å². The molecule has 0 saturated carbocycles. The maximum absolute atomic E-state index is 12.7. The van der Waals surface area contributed by atoms with E-state index in [2.05, 4.69) is 34.0 Å². The highest BCUT2D eigenvalue weighted by Crippen LogP contribution is 2.19. The van der Waals surface area contributed by atoms with Crippen LogP contribution in [-0.2, 0) is 16.6 Å². The van der Waals surface area contributed by atoms with Crippen LogP contribution in [0, 0.1) is 11.3 Å². The quantitative estimate of drug-likeness (QED) is 0.411. The molecule has 1 amide bonds. The molecule has 4 rings (SSSR count). The van der Waals surface area contributed by atoms with Crippen LogP contribution in [0.2, 0.25) is 0 Å². The van der Waals surface area contributed by atoms with Crippen LogP contribution in [-0.4, -0.2) is 25.4 Å². The number of amides is 1. The number of nitrogens with zero attached hydrogens (tertiary/aromatic N) is 3. The van der Waals surface area contributed by atoms with Gasteiger partial charge in [0.05, 0.1) is 17.5 Å². The first-order chi connectivity index (χ1) is 16.0. The number of sulfonamides is 1. The molecular weight excluding hydrogens is 456 g/mol. The number of carbonyl (C=O) groups excluding carboxylic acids is 1. The van der Waals surface area contributed by atoms with Crippen molar-refractivity contribution in [2.24, 2.45) is 4.99 Å². The molecule has 33 heavy (non-hydrogen) atoms. The molecular formula is C24H20N4O3S2. The average Bonchev–Trinajstić information content (AvgIpc) is 3.26. The molecule has 1 heterocycles. The number of benzene rings is 3. The molecule has 0 aliphatic carbocycles. The second kappa shape index (κ2) is 9.92. The lowest BCUT2D eigenvalue weighted by atomic mass is 10.0. The number of hydrogen-bond donors (Lipinski definition) is 1. The molecule has 166 valence electrons. The van der Waals surface area contributed by atoms with Crippen molar-refractivity contribution in [3.63, 3.8) is 0 Å². The van der Waals surface area contributed by atoms with Gasteiger partial charge in [-0.2, -0.15) is 10.3 Å². The fourth-order valence-electron chi connectivity index (χ4n) is 3.37. The van der Waals surface area contributed by atoms with Gasteiger partial charge < -0.3 is 4.57 Å². The van der Waals surface area contributed by atoms with Crippen LogP contribution in [0.4, 0.5) is 0 Å². The molecule has 9 heteroatoms. The Morgan fingerprint density at radius 1 is 1.06 bits per heavy atom. The molecule has 0 atom stereocenters. The van der Waals surface area contributed by atoms with Gasteiger partial charge >= 0.3 is 0 Å². The van der Waals surface area contributed by atoms with Gasteiger partial charge in [-0.25, -0.2) is 13.1 Å². The smallest absolute Gasteiger partial charge is 0.279 e. The molecule has 0 unspecified atom stereocenters. The fourth-order valence-corrected chi connectivity index (χ4v) is 5.13. The molecule has 1 N–H and O–H groups in total. The average molecular weight is 477 g/mol. The van der Waals surface area contributed by atoms with Crippen molar-refractivity contribution < 1.29 is 13.2 Å². The minimum absolute atomic E-state index is 0.0270. The number of aromatic nitrogens is 1.